The molecule has 1 heterocycles. The Morgan fingerprint density at radius 1 is 1.47 bits per heavy atom. The molecular weight excluding hydrogens is 218 g/mol. The summed E-state index contributed by atoms with van der Waals surface area (Å²) < 4.78 is 51.4. The van der Waals surface area contributed by atoms with Gasteiger partial charge in [-0.2, -0.15) is 0 Å². The van der Waals surface area contributed by atoms with Crippen molar-refractivity contribution in [3.63, 3.8) is 0 Å². The molecule has 0 fully saturated rings. The lowest BCUT2D eigenvalue weighted by atomic mass is 10.2. The smallest absolute Gasteiger partial charge is 0.404 e. The van der Waals surface area contributed by atoms with Gasteiger partial charge in [0.1, 0.15) is 6.67 Å². The summed E-state index contributed by atoms with van der Waals surface area (Å²) in [5, 5.41) is 0. The lowest BCUT2D eigenvalue weighted by Crippen LogP contribution is -2.21. The highest BCUT2D eigenvalue weighted by molar-refractivity contribution is 5.30. The Kier molecular flexibility index (Phi) is 3.01. The molecule has 1 rings (SSSR count). The first-order valence-electron chi connectivity index (χ1n) is 3.88. The molecule has 0 radical (unpaired) electrons. The highest BCUT2D eigenvalue weighted by atomic mass is 19.4. The number of halogens is 4. The monoisotopic (exact) mass is 225 g/mol. The molecule has 0 aromatic carbocycles. The van der Waals surface area contributed by atoms with Gasteiger partial charge in [-0.25, -0.2) is 4.39 Å². The van der Waals surface area contributed by atoms with E-state index >= 15 is 0 Å². The van der Waals surface area contributed by atoms with E-state index in [0.29, 0.717) is 0 Å². The summed E-state index contributed by atoms with van der Waals surface area (Å²) in [6.07, 6.45) is -4.91. The fourth-order valence-corrected chi connectivity index (χ4v) is 0.962. The zero-order chi connectivity index (χ0) is 11.6. The maximum atomic E-state index is 12.3. The van der Waals surface area contributed by atoms with E-state index in [9.17, 15) is 22.4 Å². The molecule has 1 N–H and O–H groups in total. The molecule has 0 aliphatic rings. The zero-order valence-electron chi connectivity index (χ0n) is 7.61. The molecule has 15 heavy (non-hydrogen) atoms. The van der Waals surface area contributed by atoms with Crippen molar-refractivity contribution in [1.82, 2.24) is 4.98 Å². The van der Waals surface area contributed by atoms with Gasteiger partial charge in [-0.1, -0.05) is 0 Å². The Labute approximate surface area is 81.7 Å². The number of aromatic nitrogens is 1. The van der Waals surface area contributed by atoms with Crippen LogP contribution in [0.2, 0.25) is 0 Å². The number of aryl methyl sites for hydroxylation is 1. The summed E-state index contributed by atoms with van der Waals surface area (Å²) >= 11 is 0. The topological polar surface area (TPSA) is 42.1 Å². The number of hydrogen-bond acceptors (Lipinski definition) is 2. The van der Waals surface area contributed by atoms with E-state index in [1.165, 1.54) is 6.92 Å². The maximum Gasteiger partial charge on any atom is 0.573 e. The number of nitrogens with one attached hydrogen (secondary N) is 1. The zero-order valence-corrected chi connectivity index (χ0v) is 7.61. The van der Waals surface area contributed by atoms with Gasteiger partial charge in [0.15, 0.2) is 5.75 Å². The molecule has 0 unspecified atom stereocenters. The van der Waals surface area contributed by atoms with Gasteiger partial charge in [-0.3, -0.25) is 4.79 Å². The minimum Gasteiger partial charge on any atom is -0.404 e. The Balaban J connectivity index is 3.16. The molecule has 0 bridgehead atoms. The Morgan fingerprint density at radius 3 is 2.53 bits per heavy atom. The highest BCUT2D eigenvalue weighted by Crippen LogP contribution is 2.25. The summed E-state index contributed by atoms with van der Waals surface area (Å²) in [6, 6.07) is 0.848. The van der Waals surface area contributed by atoms with E-state index in [-0.39, 0.29) is 5.56 Å². The van der Waals surface area contributed by atoms with Crippen molar-refractivity contribution in [1.29, 1.82) is 0 Å². The Hall–Kier alpha value is -1.53. The third-order valence-corrected chi connectivity index (χ3v) is 1.63. The van der Waals surface area contributed by atoms with E-state index in [1.807, 2.05) is 4.98 Å². The molecule has 0 saturated heterocycles. The second-order valence-electron chi connectivity index (χ2n) is 2.81. The van der Waals surface area contributed by atoms with Gasteiger partial charge in [-0.15, -0.1) is 13.2 Å². The van der Waals surface area contributed by atoms with Crippen molar-refractivity contribution >= 4 is 0 Å². The van der Waals surface area contributed by atoms with Crippen molar-refractivity contribution in [2.75, 3.05) is 0 Å². The van der Waals surface area contributed by atoms with Crippen LogP contribution in [0.4, 0.5) is 17.6 Å². The molecule has 84 valence electrons. The quantitative estimate of drug-likeness (QED) is 0.782. The number of H-pyrrole nitrogens is 1. The lowest BCUT2D eigenvalue weighted by Gasteiger charge is -2.11. The SMILES string of the molecule is Cc1cc(OC(F)(F)F)c(CF)[nH]c1=O. The van der Waals surface area contributed by atoms with Crippen LogP contribution in [0.3, 0.4) is 0 Å². The van der Waals surface area contributed by atoms with Crippen LogP contribution in [0, 0.1) is 6.92 Å². The highest BCUT2D eigenvalue weighted by Gasteiger charge is 2.32. The summed E-state index contributed by atoms with van der Waals surface area (Å²) in [5.41, 5.74) is -1.15. The number of rotatable bonds is 2. The van der Waals surface area contributed by atoms with Gasteiger partial charge in [-0.05, 0) is 13.0 Å². The number of pyridine rings is 1. The molecular formula is C8H7F4NO2. The maximum absolute atomic E-state index is 12.3. The van der Waals surface area contributed by atoms with E-state index in [4.69, 9.17) is 0 Å². The van der Waals surface area contributed by atoms with Gasteiger partial charge in [0.25, 0.3) is 5.56 Å². The molecule has 0 spiro atoms. The number of alkyl halides is 4. The molecule has 0 aliphatic carbocycles. The molecule has 0 amide bonds. The van der Waals surface area contributed by atoms with Crippen molar-refractivity contribution in [3.8, 4) is 5.75 Å². The van der Waals surface area contributed by atoms with E-state index in [1.54, 1.807) is 0 Å². The summed E-state index contributed by atoms with van der Waals surface area (Å²) in [4.78, 5) is 12.9. The summed E-state index contributed by atoms with van der Waals surface area (Å²) in [5.74, 6) is -0.720. The van der Waals surface area contributed by atoms with Crippen LogP contribution in [-0.2, 0) is 6.67 Å². The van der Waals surface area contributed by atoms with Crippen molar-refractivity contribution in [2.24, 2.45) is 0 Å². The standard InChI is InChI=1S/C8H7F4NO2/c1-4-2-6(15-8(10,11)12)5(3-9)13-7(4)14/h2H,3H2,1H3,(H,13,14). The van der Waals surface area contributed by atoms with E-state index < -0.39 is 30.0 Å². The second kappa shape index (κ2) is 3.92. The fourth-order valence-electron chi connectivity index (χ4n) is 0.962. The molecule has 7 heteroatoms. The van der Waals surface area contributed by atoms with Crippen LogP contribution in [-0.4, -0.2) is 11.3 Å². The van der Waals surface area contributed by atoms with Gasteiger partial charge in [0, 0.05) is 5.56 Å². The van der Waals surface area contributed by atoms with Crippen LogP contribution < -0.4 is 10.3 Å². The summed E-state index contributed by atoms with van der Waals surface area (Å²) in [7, 11) is 0. The summed E-state index contributed by atoms with van der Waals surface area (Å²) in [6.45, 7) is 0.0605. The van der Waals surface area contributed by atoms with Crippen molar-refractivity contribution in [3.05, 3.63) is 27.7 Å². The van der Waals surface area contributed by atoms with Crippen molar-refractivity contribution in [2.45, 2.75) is 20.0 Å². The van der Waals surface area contributed by atoms with Gasteiger partial charge >= 0.3 is 6.36 Å². The van der Waals surface area contributed by atoms with Crippen LogP contribution in [0.15, 0.2) is 10.9 Å². The van der Waals surface area contributed by atoms with Crippen LogP contribution in [0.5, 0.6) is 5.75 Å². The Bertz CT molecular complexity index is 410. The van der Waals surface area contributed by atoms with Crippen molar-refractivity contribution < 1.29 is 22.3 Å². The predicted octanol–water partition coefficient (Wildman–Crippen LogP) is 2.05. The predicted molar refractivity (Wildman–Crippen MR) is 43.3 cm³/mol. The normalized spacial score (nSPS) is 11.5. The van der Waals surface area contributed by atoms with E-state index in [0.717, 1.165) is 6.07 Å². The molecule has 0 atom stereocenters. The minimum absolute atomic E-state index is 0.0199. The molecule has 3 nitrogen and oxygen atoms in total. The first kappa shape index (κ1) is 11.5. The van der Waals surface area contributed by atoms with Gasteiger partial charge in [0.2, 0.25) is 0 Å². The third kappa shape index (κ3) is 2.97. The number of hydrogen-bond donors (Lipinski definition) is 1. The van der Waals surface area contributed by atoms with Crippen LogP contribution >= 0.6 is 0 Å². The van der Waals surface area contributed by atoms with Gasteiger partial charge < -0.3 is 9.72 Å². The minimum atomic E-state index is -4.91. The van der Waals surface area contributed by atoms with Gasteiger partial charge in [0.05, 0.1) is 5.69 Å². The number of ether oxygens (including phenoxy) is 1. The fraction of sp³-hybridized carbons (Fsp3) is 0.375. The molecule has 0 saturated carbocycles. The van der Waals surface area contributed by atoms with E-state index in [2.05, 4.69) is 4.74 Å². The lowest BCUT2D eigenvalue weighted by molar-refractivity contribution is -0.275. The molecule has 1 aromatic heterocycles. The Morgan fingerprint density at radius 2 is 2.07 bits per heavy atom. The van der Waals surface area contributed by atoms with Crippen LogP contribution in [0.25, 0.3) is 0 Å². The number of aromatic amines is 1. The first-order valence-corrected chi connectivity index (χ1v) is 3.88. The third-order valence-electron chi connectivity index (χ3n) is 1.63. The van der Waals surface area contributed by atoms with Crippen LogP contribution in [0.1, 0.15) is 11.3 Å². The largest absolute Gasteiger partial charge is 0.573 e. The average molecular weight is 225 g/mol. The molecule has 1 aromatic rings. The molecule has 0 aliphatic heterocycles. The second-order valence-corrected chi connectivity index (χ2v) is 2.81. The first-order chi connectivity index (χ1) is 6.83. The average Bonchev–Trinajstić information content (AvgIpc) is 2.08.